The highest BCUT2D eigenvalue weighted by atomic mass is 35.5. The van der Waals surface area contributed by atoms with Gasteiger partial charge in [-0.2, -0.15) is 0 Å². The second-order valence-corrected chi connectivity index (χ2v) is 3.71. The molecule has 1 aromatic rings. The molecule has 3 nitrogen and oxygen atoms in total. The second kappa shape index (κ2) is 5.61. The van der Waals surface area contributed by atoms with Gasteiger partial charge in [-0.15, -0.1) is 0 Å². The predicted octanol–water partition coefficient (Wildman–Crippen LogP) is 2.25. The maximum Gasteiger partial charge on any atom is 0.129 e. The van der Waals surface area contributed by atoms with Gasteiger partial charge in [-0.3, -0.25) is 0 Å². The lowest BCUT2D eigenvalue weighted by Crippen LogP contribution is -2.27. The molecular formula is C11H16ClN3. The van der Waals surface area contributed by atoms with Crippen molar-refractivity contribution in [2.24, 2.45) is 0 Å². The summed E-state index contributed by atoms with van der Waals surface area (Å²) in [5.74, 6) is 0.910. The first-order chi connectivity index (χ1) is 7.13. The van der Waals surface area contributed by atoms with Crippen LogP contribution in [-0.2, 0) is 6.54 Å². The van der Waals surface area contributed by atoms with Gasteiger partial charge >= 0.3 is 0 Å². The highest BCUT2D eigenvalue weighted by molar-refractivity contribution is 6.29. The number of nitrogens with one attached hydrogen (secondary N) is 1. The lowest BCUT2D eigenvalue weighted by Gasteiger charge is -2.22. The van der Waals surface area contributed by atoms with E-state index in [1.54, 1.807) is 12.3 Å². The highest BCUT2D eigenvalue weighted by Gasteiger charge is 2.02. The highest BCUT2D eigenvalue weighted by Crippen LogP contribution is 2.08. The van der Waals surface area contributed by atoms with Gasteiger partial charge in [0.15, 0.2) is 0 Å². The zero-order valence-corrected chi connectivity index (χ0v) is 9.88. The Morgan fingerprint density at radius 2 is 2.33 bits per heavy atom. The van der Waals surface area contributed by atoms with Gasteiger partial charge in [-0.25, -0.2) is 4.98 Å². The molecule has 0 bridgehead atoms. The quantitative estimate of drug-likeness (QED) is 0.780. The Balaban J connectivity index is 2.54. The Hall–Kier alpha value is -1.22. The lowest BCUT2D eigenvalue weighted by atomic mass is 10.3. The van der Waals surface area contributed by atoms with Crippen LogP contribution in [0.15, 0.2) is 30.7 Å². The molecule has 0 aliphatic heterocycles. The standard InChI is InChI=1S/C11H16ClN3/c1-4-13-9(2)15(3)8-10-5-6-11(12)14-7-10/h5-7,13H,2,4,8H2,1,3H3. The molecule has 0 aromatic carbocycles. The Bertz CT molecular complexity index is 321. The fourth-order valence-corrected chi connectivity index (χ4v) is 1.32. The Morgan fingerprint density at radius 3 is 2.87 bits per heavy atom. The van der Waals surface area contributed by atoms with Crippen LogP contribution >= 0.6 is 11.6 Å². The van der Waals surface area contributed by atoms with E-state index in [2.05, 4.69) is 16.9 Å². The smallest absolute Gasteiger partial charge is 0.129 e. The largest absolute Gasteiger partial charge is 0.373 e. The first-order valence-corrected chi connectivity index (χ1v) is 5.25. The zero-order chi connectivity index (χ0) is 11.3. The molecule has 0 saturated heterocycles. The van der Waals surface area contributed by atoms with Gasteiger partial charge in [0.25, 0.3) is 0 Å². The number of hydrogen-bond donors (Lipinski definition) is 1. The summed E-state index contributed by atoms with van der Waals surface area (Å²) in [5, 5.41) is 3.68. The van der Waals surface area contributed by atoms with Gasteiger partial charge < -0.3 is 10.2 Å². The number of hydrogen-bond acceptors (Lipinski definition) is 3. The van der Waals surface area contributed by atoms with Crippen molar-refractivity contribution in [2.75, 3.05) is 13.6 Å². The van der Waals surface area contributed by atoms with E-state index in [0.29, 0.717) is 5.15 Å². The summed E-state index contributed by atoms with van der Waals surface area (Å²) in [4.78, 5) is 6.06. The number of aromatic nitrogens is 1. The maximum absolute atomic E-state index is 5.71. The van der Waals surface area contributed by atoms with Crippen LogP contribution in [0.3, 0.4) is 0 Å². The molecule has 1 N–H and O–H groups in total. The summed E-state index contributed by atoms with van der Waals surface area (Å²) in [6, 6.07) is 3.76. The van der Waals surface area contributed by atoms with E-state index in [4.69, 9.17) is 11.6 Å². The van der Waals surface area contributed by atoms with Crippen molar-refractivity contribution >= 4 is 11.6 Å². The van der Waals surface area contributed by atoms with Crippen molar-refractivity contribution in [2.45, 2.75) is 13.5 Å². The van der Waals surface area contributed by atoms with Crippen molar-refractivity contribution in [1.29, 1.82) is 0 Å². The fourth-order valence-electron chi connectivity index (χ4n) is 1.21. The van der Waals surface area contributed by atoms with Crippen molar-refractivity contribution in [3.05, 3.63) is 41.4 Å². The number of pyridine rings is 1. The van der Waals surface area contributed by atoms with Gasteiger partial charge in [0.2, 0.25) is 0 Å². The van der Waals surface area contributed by atoms with Gasteiger partial charge in [-0.1, -0.05) is 24.2 Å². The van der Waals surface area contributed by atoms with E-state index in [9.17, 15) is 0 Å². The topological polar surface area (TPSA) is 28.2 Å². The van der Waals surface area contributed by atoms with Crippen LogP contribution in [0.1, 0.15) is 12.5 Å². The molecule has 82 valence electrons. The summed E-state index contributed by atoms with van der Waals surface area (Å²) in [6.07, 6.45) is 1.78. The Morgan fingerprint density at radius 1 is 1.60 bits per heavy atom. The number of halogens is 1. The molecule has 4 heteroatoms. The second-order valence-electron chi connectivity index (χ2n) is 3.32. The van der Waals surface area contributed by atoms with Gasteiger partial charge in [0, 0.05) is 26.3 Å². The van der Waals surface area contributed by atoms with Crippen LogP contribution < -0.4 is 5.32 Å². The van der Waals surface area contributed by atoms with Crippen LogP contribution in [0.2, 0.25) is 5.15 Å². The molecule has 0 radical (unpaired) electrons. The lowest BCUT2D eigenvalue weighted by molar-refractivity contribution is 0.381. The van der Waals surface area contributed by atoms with Crippen LogP contribution in [0.25, 0.3) is 0 Å². The molecule has 0 atom stereocenters. The normalized spacial score (nSPS) is 9.80. The third-order valence-corrected chi connectivity index (χ3v) is 2.27. The average Bonchev–Trinajstić information content (AvgIpc) is 2.22. The van der Waals surface area contributed by atoms with Crippen molar-refractivity contribution in [3.8, 4) is 0 Å². The van der Waals surface area contributed by atoms with Gasteiger partial charge in [0.05, 0.1) is 5.82 Å². The molecule has 0 aliphatic rings. The predicted molar refractivity (Wildman–Crippen MR) is 63.5 cm³/mol. The van der Waals surface area contributed by atoms with E-state index < -0.39 is 0 Å². The van der Waals surface area contributed by atoms with Gasteiger partial charge in [0.1, 0.15) is 5.15 Å². The zero-order valence-electron chi connectivity index (χ0n) is 9.13. The van der Waals surface area contributed by atoms with E-state index in [0.717, 1.165) is 24.5 Å². The van der Waals surface area contributed by atoms with Crippen LogP contribution in [-0.4, -0.2) is 23.5 Å². The molecule has 15 heavy (non-hydrogen) atoms. The molecule has 0 unspecified atom stereocenters. The minimum Gasteiger partial charge on any atom is -0.373 e. The van der Waals surface area contributed by atoms with Crippen LogP contribution in [0.4, 0.5) is 0 Å². The molecule has 1 heterocycles. The Kier molecular flexibility index (Phi) is 4.43. The molecular weight excluding hydrogens is 210 g/mol. The molecule has 0 spiro atoms. The molecule has 1 rings (SSSR count). The molecule has 0 amide bonds. The summed E-state index contributed by atoms with van der Waals surface area (Å²) < 4.78 is 0. The van der Waals surface area contributed by atoms with Crippen LogP contribution in [0, 0.1) is 0 Å². The van der Waals surface area contributed by atoms with Gasteiger partial charge in [-0.05, 0) is 18.6 Å². The van der Waals surface area contributed by atoms with Crippen molar-refractivity contribution in [3.63, 3.8) is 0 Å². The molecule has 0 saturated carbocycles. The molecule has 0 aliphatic carbocycles. The van der Waals surface area contributed by atoms with E-state index in [1.165, 1.54) is 0 Å². The summed E-state index contributed by atoms with van der Waals surface area (Å²) in [5.41, 5.74) is 1.11. The van der Waals surface area contributed by atoms with Crippen molar-refractivity contribution < 1.29 is 0 Å². The maximum atomic E-state index is 5.71. The summed E-state index contributed by atoms with van der Waals surface area (Å²) >= 11 is 5.71. The first kappa shape index (κ1) is 11.9. The third kappa shape index (κ3) is 3.80. The third-order valence-electron chi connectivity index (χ3n) is 2.05. The SMILES string of the molecule is C=C(NCC)N(C)Cc1ccc(Cl)nc1. The number of rotatable bonds is 5. The monoisotopic (exact) mass is 225 g/mol. The summed E-state index contributed by atoms with van der Waals surface area (Å²) in [7, 11) is 1.99. The van der Waals surface area contributed by atoms with Crippen LogP contribution in [0.5, 0.6) is 0 Å². The molecule has 1 aromatic heterocycles. The molecule has 0 fully saturated rings. The van der Waals surface area contributed by atoms with E-state index in [1.807, 2.05) is 24.9 Å². The van der Waals surface area contributed by atoms with E-state index >= 15 is 0 Å². The number of nitrogens with zero attached hydrogens (tertiary/aromatic N) is 2. The van der Waals surface area contributed by atoms with Crippen molar-refractivity contribution in [1.82, 2.24) is 15.2 Å². The summed E-state index contributed by atoms with van der Waals surface area (Å²) in [6.45, 7) is 7.62. The fraction of sp³-hybridized carbons (Fsp3) is 0.364. The minimum atomic E-state index is 0.520. The Labute approximate surface area is 95.8 Å². The first-order valence-electron chi connectivity index (χ1n) is 4.87. The average molecular weight is 226 g/mol. The minimum absolute atomic E-state index is 0.520. The van der Waals surface area contributed by atoms with E-state index in [-0.39, 0.29) is 0 Å².